The highest BCUT2D eigenvalue weighted by Crippen LogP contribution is 2.45. The van der Waals surface area contributed by atoms with Gasteiger partial charge in [0.2, 0.25) is 0 Å². The maximum atomic E-state index is 10.6. The molecule has 118 valence electrons. The lowest BCUT2D eigenvalue weighted by molar-refractivity contribution is 0.400. The number of allylic oxidation sites excluding steroid dienone is 3. The third kappa shape index (κ3) is 3.21. The fraction of sp³-hybridized carbons (Fsp3) is 0.143. The molecule has 0 aliphatic rings. The van der Waals surface area contributed by atoms with Gasteiger partial charge in [-0.2, -0.15) is 0 Å². The van der Waals surface area contributed by atoms with E-state index in [9.17, 15) is 10.2 Å². The summed E-state index contributed by atoms with van der Waals surface area (Å²) in [5.74, 6) is -0.161. The SMILES string of the molecule is C=CCc1c(O)c(O)c(-c2ccccc2)c(CC=C)c1CC=C. The van der Waals surface area contributed by atoms with E-state index >= 15 is 0 Å². The van der Waals surface area contributed by atoms with Crippen LogP contribution in [-0.4, -0.2) is 10.2 Å². The van der Waals surface area contributed by atoms with Crippen molar-refractivity contribution in [2.75, 3.05) is 0 Å². The molecule has 0 aromatic heterocycles. The van der Waals surface area contributed by atoms with Gasteiger partial charge < -0.3 is 10.2 Å². The van der Waals surface area contributed by atoms with E-state index in [0.29, 0.717) is 30.4 Å². The average Bonchev–Trinajstić information content (AvgIpc) is 2.57. The monoisotopic (exact) mass is 306 g/mol. The summed E-state index contributed by atoms with van der Waals surface area (Å²) in [4.78, 5) is 0. The van der Waals surface area contributed by atoms with Crippen LogP contribution in [0.2, 0.25) is 0 Å². The summed E-state index contributed by atoms with van der Waals surface area (Å²) in [6, 6.07) is 9.59. The molecule has 0 radical (unpaired) electrons. The standard InChI is InChI=1S/C21H22O2/c1-4-10-16-17(11-5-2)19(15-13-8-7-9-14-15)21(23)20(22)18(16)12-6-3/h4-9,13-14,22-23H,1-3,10-12H2. The molecular weight excluding hydrogens is 284 g/mol. The highest BCUT2D eigenvalue weighted by atomic mass is 16.3. The zero-order chi connectivity index (χ0) is 16.8. The Labute approximate surface area is 137 Å². The number of rotatable bonds is 7. The number of hydrogen-bond donors (Lipinski definition) is 2. The van der Waals surface area contributed by atoms with Crippen molar-refractivity contribution in [3.8, 4) is 22.6 Å². The van der Waals surface area contributed by atoms with Gasteiger partial charge in [-0.05, 0) is 36.0 Å². The number of hydrogen-bond acceptors (Lipinski definition) is 2. The molecule has 0 aliphatic heterocycles. The van der Waals surface area contributed by atoms with E-state index in [1.165, 1.54) is 0 Å². The Morgan fingerprint density at radius 3 is 1.78 bits per heavy atom. The lowest BCUT2D eigenvalue weighted by atomic mass is 9.86. The van der Waals surface area contributed by atoms with E-state index in [1.807, 2.05) is 36.4 Å². The Morgan fingerprint density at radius 1 is 0.696 bits per heavy atom. The van der Waals surface area contributed by atoms with Gasteiger partial charge in [-0.25, -0.2) is 0 Å². The first-order valence-corrected chi connectivity index (χ1v) is 7.62. The van der Waals surface area contributed by atoms with Gasteiger partial charge in [0.05, 0.1) is 0 Å². The predicted octanol–water partition coefficient (Wildman–Crippen LogP) is 4.95. The van der Waals surface area contributed by atoms with E-state index in [-0.39, 0.29) is 11.5 Å². The summed E-state index contributed by atoms with van der Waals surface area (Å²) < 4.78 is 0. The van der Waals surface area contributed by atoms with Crippen LogP contribution < -0.4 is 0 Å². The van der Waals surface area contributed by atoms with Crippen LogP contribution in [0.5, 0.6) is 11.5 Å². The predicted molar refractivity (Wildman–Crippen MR) is 96.9 cm³/mol. The number of phenolic OH excluding ortho intramolecular Hbond substituents is 2. The third-order valence-electron chi connectivity index (χ3n) is 3.89. The summed E-state index contributed by atoms with van der Waals surface area (Å²) in [6.07, 6.45) is 7.04. The molecule has 0 unspecified atom stereocenters. The van der Waals surface area contributed by atoms with Gasteiger partial charge in [-0.15, -0.1) is 19.7 Å². The topological polar surface area (TPSA) is 40.5 Å². The van der Waals surface area contributed by atoms with Crippen LogP contribution >= 0.6 is 0 Å². The second kappa shape index (κ2) is 7.50. The van der Waals surface area contributed by atoms with Crippen LogP contribution in [0.25, 0.3) is 11.1 Å². The largest absolute Gasteiger partial charge is 0.504 e. The van der Waals surface area contributed by atoms with Gasteiger partial charge in [-0.3, -0.25) is 0 Å². The Kier molecular flexibility index (Phi) is 5.42. The second-order valence-electron chi connectivity index (χ2n) is 5.35. The molecule has 0 atom stereocenters. The van der Waals surface area contributed by atoms with E-state index in [1.54, 1.807) is 12.2 Å². The van der Waals surface area contributed by atoms with E-state index < -0.39 is 0 Å². The number of aromatic hydroxyl groups is 2. The zero-order valence-electron chi connectivity index (χ0n) is 13.3. The fourth-order valence-corrected chi connectivity index (χ4v) is 2.92. The van der Waals surface area contributed by atoms with Crippen LogP contribution in [0.3, 0.4) is 0 Å². The molecule has 2 nitrogen and oxygen atoms in total. The first-order chi connectivity index (χ1) is 11.2. The highest BCUT2D eigenvalue weighted by molar-refractivity contribution is 5.80. The fourth-order valence-electron chi connectivity index (χ4n) is 2.92. The van der Waals surface area contributed by atoms with Crippen molar-refractivity contribution in [3.63, 3.8) is 0 Å². The molecule has 0 spiro atoms. The van der Waals surface area contributed by atoms with Crippen molar-refractivity contribution < 1.29 is 10.2 Å². The summed E-state index contributed by atoms with van der Waals surface area (Å²) in [5.41, 5.74) is 4.18. The van der Waals surface area contributed by atoms with Gasteiger partial charge in [0.15, 0.2) is 11.5 Å². The van der Waals surface area contributed by atoms with Crippen molar-refractivity contribution in [1.29, 1.82) is 0 Å². The van der Waals surface area contributed by atoms with Crippen molar-refractivity contribution in [2.24, 2.45) is 0 Å². The first-order valence-electron chi connectivity index (χ1n) is 7.62. The normalized spacial score (nSPS) is 10.3. The number of phenols is 2. The number of benzene rings is 2. The minimum atomic E-state index is -0.0855. The first kappa shape index (κ1) is 16.6. The van der Waals surface area contributed by atoms with Gasteiger partial charge in [0.1, 0.15) is 0 Å². The van der Waals surface area contributed by atoms with Crippen molar-refractivity contribution in [3.05, 3.63) is 85.0 Å². The van der Waals surface area contributed by atoms with Crippen LogP contribution in [0.4, 0.5) is 0 Å². The van der Waals surface area contributed by atoms with Crippen molar-refractivity contribution in [2.45, 2.75) is 19.3 Å². The Morgan fingerprint density at radius 2 is 1.22 bits per heavy atom. The molecule has 0 fully saturated rings. The molecule has 0 aliphatic carbocycles. The Balaban J connectivity index is 2.87. The van der Waals surface area contributed by atoms with Gasteiger partial charge in [-0.1, -0.05) is 48.6 Å². The average molecular weight is 306 g/mol. The lowest BCUT2D eigenvalue weighted by Crippen LogP contribution is -2.03. The van der Waals surface area contributed by atoms with E-state index in [2.05, 4.69) is 19.7 Å². The third-order valence-corrected chi connectivity index (χ3v) is 3.89. The maximum absolute atomic E-state index is 10.6. The highest BCUT2D eigenvalue weighted by Gasteiger charge is 2.22. The van der Waals surface area contributed by atoms with Gasteiger partial charge in [0, 0.05) is 11.1 Å². The molecule has 2 N–H and O–H groups in total. The smallest absolute Gasteiger partial charge is 0.166 e. The molecule has 2 aromatic rings. The molecule has 0 bridgehead atoms. The molecule has 0 heterocycles. The summed E-state index contributed by atoms with van der Waals surface area (Å²) in [7, 11) is 0. The molecular formula is C21H22O2. The van der Waals surface area contributed by atoms with Crippen molar-refractivity contribution in [1.82, 2.24) is 0 Å². The van der Waals surface area contributed by atoms with E-state index in [4.69, 9.17) is 0 Å². The van der Waals surface area contributed by atoms with Crippen LogP contribution in [0.15, 0.2) is 68.3 Å². The summed E-state index contributed by atoms with van der Waals surface area (Å²) in [5, 5.41) is 21.1. The molecule has 0 saturated heterocycles. The quantitative estimate of drug-likeness (QED) is 0.561. The minimum Gasteiger partial charge on any atom is -0.504 e. The summed E-state index contributed by atoms with van der Waals surface area (Å²) >= 11 is 0. The van der Waals surface area contributed by atoms with E-state index in [0.717, 1.165) is 16.7 Å². The van der Waals surface area contributed by atoms with Crippen LogP contribution in [0.1, 0.15) is 16.7 Å². The maximum Gasteiger partial charge on any atom is 0.166 e. The Bertz CT molecular complexity index is 727. The molecule has 23 heavy (non-hydrogen) atoms. The molecule has 2 aromatic carbocycles. The van der Waals surface area contributed by atoms with Crippen molar-refractivity contribution >= 4 is 0 Å². The minimum absolute atomic E-state index is 0.0755. The second-order valence-corrected chi connectivity index (χ2v) is 5.35. The zero-order valence-corrected chi connectivity index (χ0v) is 13.3. The van der Waals surface area contributed by atoms with Gasteiger partial charge >= 0.3 is 0 Å². The van der Waals surface area contributed by atoms with Gasteiger partial charge in [0.25, 0.3) is 0 Å². The molecule has 0 amide bonds. The molecule has 2 heteroatoms. The lowest BCUT2D eigenvalue weighted by Gasteiger charge is -2.20. The molecule has 0 saturated carbocycles. The van der Waals surface area contributed by atoms with Crippen LogP contribution in [-0.2, 0) is 19.3 Å². The van der Waals surface area contributed by atoms with Crippen LogP contribution in [0, 0.1) is 0 Å². The molecule has 2 rings (SSSR count). The Hall–Kier alpha value is -2.74. The summed E-state index contributed by atoms with van der Waals surface area (Å²) in [6.45, 7) is 11.4.